The van der Waals surface area contributed by atoms with Crippen molar-refractivity contribution in [3.05, 3.63) is 80.9 Å². The van der Waals surface area contributed by atoms with Gasteiger partial charge >= 0.3 is 0 Å². The smallest absolute Gasteiger partial charge is 0.254 e. The second-order valence-corrected chi connectivity index (χ2v) is 9.95. The molecule has 0 amide bonds. The van der Waals surface area contributed by atoms with Gasteiger partial charge in [-0.15, -0.1) is 5.10 Å². The highest BCUT2D eigenvalue weighted by molar-refractivity contribution is 5.85. The van der Waals surface area contributed by atoms with Crippen LogP contribution in [-0.4, -0.2) is 31.2 Å². The average molecular weight is 455 g/mol. The van der Waals surface area contributed by atoms with E-state index in [0.717, 1.165) is 52.8 Å². The standard InChI is InChI=1S/C27H30N6O/c1-16-12-13-17(2)24-21(16)15-22(27(34)28-24)25(26-29-30-31-33(26)20-9-5-6-10-20)32-18(3)14-19-8-4-7-11-23(19)32/h4,7-8,11-13,15,18,20,25H,5-6,9-10,14H2,1-3H3,(H,28,34)/t18-,25-/m0/s1. The van der Waals surface area contributed by atoms with Crippen molar-refractivity contribution in [1.82, 2.24) is 25.2 Å². The fourth-order valence-corrected chi connectivity index (χ4v) is 5.98. The van der Waals surface area contributed by atoms with E-state index in [1.807, 2.05) is 11.6 Å². The minimum Gasteiger partial charge on any atom is -0.354 e. The summed E-state index contributed by atoms with van der Waals surface area (Å²) in [6.07, 6.45) is 5.45. The maximum Gasteiger partial charge on any atom is 0.254 e. The molecular formula is C27H30N6O. The first kappa shape index (κ1) is 21.1. The van der Waals surface area contributed by atoms with E-state index in [1.54, 1.807) is 0 Å². The van der Waals surface area contributed by atoms with Gasteiger partial charge in [0, 0.05) is 22.7 Å². The van der Waals surface area contributed by atoms with Crippen LogP contribution in [0.1, 0.15) is 72.8 Å². The molecule has 4 aromatic rings. The van der Waals surface area contributed by atoms with Crippen molar-refractivity contribution in [3.8, 4) is 0 Å². The third-order valence-electron chi connectivity index (χ3n) is 7.74. The predicted molar refractivity (Wildman–Crippen MR) is 133 cm³/mol. The van der Waals surface area contributed by atoms with Gasteiger partial charge in [-0.2, -0.15) is 0 Å². The van der Waals surface area contributed by atoms with E-state index in [-0.39, 0.29) is 23.7 Å². The maximum atomic E-state index is 13.7. The van der Waals surface area contributed by atoms with Crippen LogP contribution in [0.3, 0.4) is 0 Å². The molecule has 6 rings (SSSR count). The number of fused-ring (bicyclic) bond motifs is 2. The van der Waals surface area contributed by atoms with E-state index in [2.05, 4.69) is 81.7 Å². The van der Waals surface area contributed by atoms with E-state index in [0.29, 0.717) is 5.56 Å². The first-order valence-electron chi connectivity index (χ1n) is 12.3. The van der Waals surface area contributed by atoms with Crippen LogP contribution >= 0.6 is 0 Å². The number of para-hydroxylation sites is 1. The molecule has 7 heteroatoms. The molecule has 1 saturated carbocycles. The average Bonchev–Trinajstić information content (AvgIpc) is 3.58. The van der Waals surface area contributed by atoms with Crippen LogP contribution in [0.4, 0.5) is 5.69 Å². The summed E-state index contributed by atoms with van der Waals surface area (Å²) in [5, 5.41) is 14.2. The number of nitrogens with one attached hydrogen (secondary N) is 1. The number of aromatic nitrogens is 5. The Hall–Kier alpha value is -3.48. The summed E-state index contributed by atoms with van der Waals surface area (Å²) >= 11 is 0. The molecule has 2 aromatic heterocycles. The Bertz CT molecular complexity index is 1430. The van der Waals surface area contributed by atoms with E-state index < -0.39 is 0 Å². The number of pyridine rings is 1. The van der Waals surface area contributed by atoms with Crippen LogP contribution in [0, 0.1) is 13.8 Å². The molecule has 0 saturated heterocycles. The van der Waals surface area contributed by atoms with E-state index in [4.69, 9.17) is 0 Å². The number of aryl methyl sites for hydroxylation is 2. The molecule has 174 valence electrons. The highest BCUT2D eigenvalue weighted by atomic mass is 16.1. The number of hydrogen-bond donors (Lipinski definition) is 1. The molecule has 2 aliphatic rings. The summed E-state index contributed by atoms with van der Waals surface area (Å²) in [6.45, 7) is 6.35. The Morgan fingerprint density at radius 2 is 1.82 bits per heavy atom. The SMILES string of the molecule is Cc1ccc(C)c2[nH]c(=O)c([C@@H](c3nnnn3C3CCCC3)N3c4ccccc4C[C@@H]3C)cc12. The van der Waals surface area contributed by atoms with Crippen molar-refractivity contribution in [2.45, 2.75) is 71.0 Å². The van der Waals surface area contributed by atoms with Crippen LogP contribution in [0.25, 0.3) is 10.9 Å². The molecule has 1 N–H and O–H groups in total. The topological polar surface area (TPSA) is 79.7 Å². The summed E-state index contributed by atoms with van der Waals surface area (Å²) in [6, 6.07) is 14.9. The molecule has 0 spiro atoms. The first-order chi connectivity index (χ1) is 16.5. The normalized spacial score (nSPS) is 19.1. The summed E-state index contributed by atoms with van der Waals surface area (Å²) in [5.41, 5.74) is 6.17. The Kier molecular flexibility index (Phi) is 5.01. The van der Waals surface area contributed by atoms with Crippen molar-refractivity contribution in [3.63, 3.8) is 0 Å². The number of aromatic amines is 1. The highest BCUT2D eigenvalue weighted by Crippen LogP contribution is 2.42. The molecule has 1 aliphatic heterocycles. The number of hydrogen-bond acceptors (Lipinski definition) is 5. The van der Waals surface area contributed by atoms with Crippen LogP contribution in [0.15, 0.2) is 47.3 Å². The highest BCUT2D eigenvalue weighted by Gasteiger charge is 2.39. The van der Waals surface area contributed by atoms with Gasteiger partial charge in [-0.05, 0) is 79.3 Å². The second-order valence-electron chi connectivity index (χ2n) is 9.95. The van der Waals surface area contributed by atoms with Crippen LogP contribution < -0.4 is 10.5 Å². The van der Waals surface area contributed by atoms with Crippen LogP contribution in [0.5, 0.6) is 0 Å². The maximum absolute atomic E-state index is 13.7. The molecule has 3 heterocycles. The fraction of sp³-hybridized carbons (Fsp3) is 0.407. The zero-order chi connectivity index (χ0) is 23.4. The summed E-state index contributed by atoms with van der Waals surface area (Å²) in [5.74, 6) is 0.755. The zero-order valence-electron chi connectivity index (χ0n) is 20.0. The minimum absolute atomic E-state index is 0.0799. The molecule has 0 unspecified atom stereocenters. The minimum atomic E-state index is -0.373. The fourth-order valence-electron chi connectivity index (χ4n) is 5.98. The first-order valence-corrected chi connectivity index (χ1v) is 12.3. The monoisotopic (exact) mass is 454 g/mol. The third kappa shape index (κ3) is 3.25. The lowest BCUT2D eigenvalue weighted by Crippen LogP contribution is -2.39. The Morgan fingerprint density at radius 1 is 1.06 bits per heavy atom. The molecule has 0 radical (unpaired) electrons. The lowest BCUT2D eigenvalue weighted by atomic mass is 9.98. The zero-order valence-corrected chi connectivity index (χ0v) is 20.0. The number of nitrogens with zero attached hydrogens (tertiary/aromatic N) is 5. The van der Waals surface area contributed by atoms with Crippen LogP contribution in [-0.2, 0) is 6.42 Å². The molecular weight excluding hydrogens is 424 g/mol. The Morgan fingerprint density at radius 3 is 2.65 bits per heavy atom. The lowest BCUT2D eigenvalue weighted by Gasteiger charge is -2.34. The molecule has 2 aromatic carbocycles. The van der Waals surface area contributed by atoms with Gasteiger partial charge in [-0.3, -0.25) is 4.79 Å². The number of H-pyrrole nitrogens is 1. The van der Waals surface area contributed by atoms with Gasteiger partial charge in [-0.25, -0.2) is 4.68 Å². The largest absolute Gasteiger partial charge is 0.354 e. The lowest BCUT2D eigenvalue weighted by molar-refractivity contribution is 0.423. The van der Waals surface area contributed by atoms with Gasteiger partial charge in [0.2, 0.25) is 0 Å². The second kappa shape index (κ2) is 8.08. The van der Waals surface area contributed by atoms with Gasteiger partial charge in [0.05, 0.1) is 11.6 Å². The quantitative estimate of drug-likeness (QED) is 0.480. The molecule has 0 bridgehead atoms. The number of rotatable bonds is 4. The summed E-state index contributed by atoms with van der Waals surface area (Å²) in [7, 11) is 0. The third-order valence-corrected chi connectivity index (χ3v) is 7.74. The van der Waals surface area contributed by atoms with E-state index >= 15 is 0 Å². The molecule has 2 atom stereocenters. The van der Waals surface area contributed by atoms with Gasteiger partial charge in [0.15, 0.2) is 5.82 Å². The molecule has 34 heavy (non-hydrogen) atoms. The van der Waals surface area contributed by atoms with Gasteiger partial charge in [-0.1, -0.05) is 43.2 Å². The van der Waals surface area contributed by atoms with Gasteiger partial charge in [0.25, 0.3) is 5.56 Å². The number of tetrazole rings is 1. The molecule has 1 fully saturated rings. The molecule has 7 nitrogen and oxygen atoms in total. The van der Waals surface area contributed by atoms with Crippen molar-refractivity contribution < 1.29 is 0 Å². The summed E-state index contributed by atoms with van der Waals surface area (Å²) in [4.78, 5) is 19.2. The van der Waals surface area contributed by atoms with Gasteiger partial charge in [0.1, 0.15) is 6.04 Å². The van der Waals surface area contributed by atoms with Crippen molar-refractivity contribution in [2.24, 2.45) is 0 Å². The van der Waals surface area contributed by atoms with E-state index in [9.17, 15) is 4.79 Å². The number of anilines is 1. The predicted octanol–water partition coefficient (Wildman–Crippen LogP) is 4.79. The van der Waals surface area contributed by atoms with Crippen molar-refractivity contribution >= 4 is 16.6 Å². The number of benzene rings is 2. The van der Waals surface area contributed by atoms with Crippen molar-refractivity contribution in [1.29, 1.82) is 0 Å². The Balaban J connectivity index is 1.61. The Labute approximate surface area is 198 Å². The van der Waals surface area contributed by atoms with Gasteiger partial charge < -0.3 is 9.88 Å². The summed E-state index contributed by atoms with van der Waals surface area (Å²) < 4.78 is 2.00. The van der Waals surface area contributed by atoms with E-state index in [1.165, 1.54) is 18.4 Å². The van der Waals surface area contributed by atoms with Crippen LogP contribution in [0.2, 0.25) is 0 Å². The van der Waals surface area contributed by atoms with Crippen molar-refractivity contribution in [2.75, 3.05) is 4.90 Å². The molecule has 1 aliphatic carbocycles.